The van der Waals surface area contributed by atoms with Gasteiger partial charge in [0.15, 0.2) is 0 Å². The summed E-state index contributed by atoms with van der Waals surface area (Å²) in [7, 11) is 1.74. The third kappa shape index (κ3) is 3.00. The van der Waals surface area contributed by atoms with Crippen molar-refractivity contribution < 1.29 is 4.74 Å². The number of ether oxygens (including phenoxy) is 1. The fourth-order valence-electron chi connectivity index (χ4n) is 3.90. The molecular formula is C15H25N3O. The van der Waals surface area contributed by atoms with Gasteiger partial charge in [-0.25, -0.2) is 4.98 Å². The van der Waals surface area contributed by atoms with Crippen LogP contribution in [0.25, 0.3) is 0 Å². The van der Waals surface area contributed by atoms with E-state index >= 15 is 0 Å². The maximum atomic E-state index is 5.05. The van der Waals surface area contributed by atoms with Crippen molar-refractivity contribution in [3.8, 4) is 0 Å². The van der Waals surface area contributed by atoms with Crippen molar-refractivity contribution in [1.82, 2.24) is 14.9 Å². The van der Waals surface area contributed by atoms with Crippen LogP contribution in [0.3, 0.4) is 0 Å². The summed E-state index contributed by atoms with van der Waals surface area (Å²) in [5.41, 5.74) is 1.30. The molecule has 2 fully saturated rings. The van der Waals surface area contributed by atoms with Crippen LogP contribution in [-0.2, 0) is 17.8 Å². The molecule has 2 saturated carbocycles. The summed E-state index contributed by atoms with van der Waals surface area (Å²) < 4.78 is 7.40. The maximum absolute atomic E-state index is 5.05. The SMILES string of the molecule is COCCNCc1cncn1CC1CC2CCC1C2. The lowest BCUT2D eigenvalue weighted by Crippen LogP contribution is -2.23. The Kier molecular flexibility index (Phi) is 4.18. The molecule has 0 aromatic carbocycles. The Balaban J connectivity index is 1.52. The lowest BCUT2D eigenvalue weighted by molar-refractivity contribution is 0.198. The molecule has 106 valence electrons. The molecule has 3 rings (SSSR count). The fraction of sp³-hybridized carbons (Fsp3) is 0.800. The van der Waals surface area contributed by atoms with Crippen molar-refractivity contribution in [3.05, 3.63) is 18.2 Å². The average Bonchev–Trinajstić information content (AvgIpc) is 3.12. The van der Waals surface area contributed by atoms with E-state index in [1.165, 1.54) is 37.9 Å². The van der Waals surface area contributed by atoms with Crippen molar-refractivity contribution >= 4 is 0 Å². The minimum Gasteiger partial charge on any atom is -0.383 e. The van der Waals surface area contributed by atoms with Gasteiger partial charge < -0.3 is 14.6 Å². The molecule has 2 aliphatic carbocycles. The third-order valence-electron chi connectivity index (χ3n) is 4.90. The van der Waals surface area contributed by atoms with Crippen LogP contribution in [0.4, 0.5) is 0 Å². The number of imidazole rings is 1. The van der Waals surface area contributed by atoms with Crippen molar-refractivity contribution in [3.63, 3.8) is 0 Å². The smallest absolute Gasteiger partial charge is 0.0948 e. The molecule has 4 nitrogen and oxygen atoms in total. The van der Waals surface area contributed by atoms with Crippen LogP contribution in [0.1, 0.15) is 31.4 Å². The minimum absolute atomic E-state index is 0.764. The van der Waals surface area contributed by atoms with Gasteiger partial charge in [-0.05, 0) is 37.0 Å². The van der Waals surface area contributed by atoms with Crippen molar-refractivity contribution in [2.45, 2.75) is 38.8 Å². The van der Waals surface area contributed by atoms with E-state index in [2.05, 4.69) is 14.9 Å². The van der Waals surface area contributed by atoms with E-state index in [1.807, 2.05) is 12.5 Å². The Morgan fingerprint density at radius 3 is 3.11 bits per heavy atom. The third-order valence-corrected chi connectivity index (χ3v) is 4.90. The topological polar surface area (TPSA) is 39.1 Å². The molecule has 1 N–H and O–H groups in total. The van der Waals surface area contributed by atoms with Crippen LogP contribution in [0.15, 0.2) is 12.5 Å². The Bertz CT molecular complexity index is 404. The van der Waals surface area contributed by atoms with Crippen LogP contribution in [-0.4, -0.2) is 29.8 Å². The predicted octanol–water partition coefficient (Wildman–Crippen LogP) is 2.06. The highest BCUT2D eigenvalue weighted by molar-refractivity contribution is 5.00. The van der Waals surface area contributed by atoms with Gasteiger partial charge in [0.1, 0.15) is 0 Å². The standard InChI is InChI=1S/C15H25N3O/c1-19-5-4-16-8-15-9-17-11-18(15)10-14-7-12-2-3-13(14)6-12/h9,11-14,16H,2-8,10H2,1H3. The first-order valence-electron chi connectivity index (χ1n) is 7.55. The number of nitrogens with zero attached hydrogens (tertiary/aromatic N) is 2. The second kappa shape index (κ2) is 6.06. The highest BCUT2D eigenvalue weighted by Gasteiger charge is 2.39. The zero-order chi connectivity index (χ0) is 13.1. The zero-order valence-electron chi connectivity index (χ0n) is 11.8. The molecular weight excluding hydrogens is 238 g/mol. The van der Waals surface area contributed by atoms with E-state index in [0.717, 1.165) is 37.5 Å². The van der Waals surface area contributed by atoms with Gasteiger partial charge in [0.25, 0.3) is 0 Å². The molecule has 2 aliphatic rings. The molecule has 3 atom stereocenters. The summed E-state index contributed by atoms with van der Waals surface area (Å²) in [5, 5.41) is 3.40. The van der Waals surface area contributed by atoms with Crippen molar-refractivity contribution in [2.24, 2.45) is 17.8 Å². The highest BCUT2D eigenvalue weighted by Crippen LogP contribution is 2.48. The number of fused-ring (bicyclic) bond motifs is 2. The number of methoxy groups -OCH3 is 1. The van der Waals surface area contributed by atoms with E-state index in [4.69, 9.17) is 4.74 Å². The van der Waals surface area contributed by atoms with E-state index in [-0.39, 0.29) is 0 Å². The summed E-state index contributed by atoms with van der Waals surface area (Å²) in [5.74, 6) is 2.91. The van der Waals surface area contributed by atoms with Crippen LogP contribution >= 0.6 is 0 Å². The van der Waals surface area contributed by atoms with E-state index in [9.17, 15) is 0 Å². The summed E-state index contributed by atoms with van der Waals surface area (Å²) in [6, 6.07) is 0. The number of nitrogens with one attached hydrogen (secondary N) is 1. The Labute approximate surface area is 115 Å². The first kappa shape index (κ1) is 13.1. The van der Waals surface area contributed by atoms with Gasteiger partial charge >= 0.3 is 0 Å². The maximum Gasteiger partial charge on any atom is 0.0948 e. The molecule has 4 heteroatoms. The molecule has 1 heterocycles. The molecule has 3 unspecified atom stereocenters. The fourth-order valence-corrected chi connectivity index (χ4v) is 3.90. The molecule has 1 aromatic heterocycles. The summed E-state index contributed by atoms with van der Waals surface area (Å²) in [6.45, 7) is 3.73. The van der Waals surface area contributed by atoms with Crippen LogP contribution in [0.2, 0.25) is 0 Å². The van der Waals surface area contributed by atoms with Gasteiger partial charge in [-0.1, -0.05) is 6.42 Å². The van der Waals surface area contributed by atoms with E-state index in [1.54, 1.807) is 7.11 Å². The molecule has 0 spiro atoms. The Morgan fingerprint density at radius 2 is 2.37 bits per heavy atom. The van der Waals surface area contributed by atoms with Crippen molar-refractivity contribution in [2.75, 3.05) is 20.3 Å². The van der Waals surface area contributed by atoms with Gasteiger partial charge in [0, 0.05) is 32.9 Å². The van der Waals surface area contributed by atoms with Gasteiger partial charge in [0.05, 0.1) is 18.6 Å². The lowest BCUT2D eigenvalue weighted by atomic mass is 9.89. The Hall–Kier alpha value is -0.870. The largest absolute Gasteiger partial charge is 0.383 e. The second-order valence-electron chi connectivity index (χ2n) is 6.14. The molecule has 1 aromatic rings. The zero-order valence-corrected chi connectivity index (χ0v) is 11.8. The molecule has 0 radical (unpaired) electrons. The predicted molar refractivity (Wildman–Crippen MR) is 74.7 cm³/mol. The number of hydrogen-bond acceptors (Lipinski definition) is 3. The first-order chi connectivity index (χ1) is 9.36. The van der Waals surface area contributed by atoms with E-state index in [0.29, 0.717) is 0 Å². The van der Waals surface area contributed by atoms with Gasteiger partial charge in [-0.15, -0.1) is 0 Å². The van der Waals surface area contributed by atoms with Gasteiger partial charge in [-0.2, -0.15) is 0 Å². The van der Waals surface area contributed by atoms with Crippen LogP contribution < -0.4 is 5.32 Å². The monoisotopic (exact) mass is 263 g/mol. The highest BCUT2D eigenvalue weighted by atomic mass is 16.5. The van der Waals surface area contributed by atoms with E-state index < -0.39 is 0 Å². The number of aromatic nitrogens is 2. The molecule has 19 heavy (non-hydrogen) atoms. The molecule has 0 saturated heterocycles. The normalized spacial score (nSPS) is 29.2. The van der Waals surface area contributed by atoms with Crippen molar-refractivity contribution in [1.29, 1.82) is 0 Å². The number of hydrogen-bond donors (Lipinski definition) is 1. The summed E-state index contributed by atoms with van der Waals surface area (Å²) >= 11 is 0. The summed E-state index contributed by atoms with van der Waals surface area (Å²) in [6.07, 6.45) is 9.87. The lowest BCUT2D eigenvalue weighted by Gasteiger charge is -2.23. The Morgan fingerprint density at radius 1 is 1.42 bits per heavy atom. The molecule has 0 aliphatic heterocycles. The van der Waals surface area contributed by atoms with Gasteiger partial charge in [0.2, 0.25) is 0 Å². The van der Waals surface area contributed by atoms with Crippen LogP contribution in [0, 0.1) is 17.8 Å². The van der Waals surface area contributed by atoms with Crippen LogP contribution in [0.5, 0.6) is 0 Å². The first-order valence-corrected chi connectivity index (χ1v) is 7.55. The summed E-state index contributed by atoms with van der Waals surface area (Å²) in [4.78, 5) is 4.32. The molecule has 0 amide bonds. The molecule has 2 bridgehead atoms. The number of rotatable bonds is 7. The van der Waals surface area contributed by atoms with Gasteiger partial charge in [-0.3, -0.25) is 0 Å². The quantitative estimate of drug-likeness (QED) is 0.765. The minimum atomic E-state index is 0.764. The second-order valence-corrected chi connectivity index (χ2v) is 6.14. The average molecular weight is 263 g/mol.